The maximum absolute atomic E-state index is 12.8. The van der Waals surface area contributed by atoms with Gasteiger partial charge in [-0.25, -0.2) is 0 Å². The van der Waals surface area contributed by atoms with Gasteiger partial charge in [-0.15, -0.1) is 0 Å². The Kier molecular flexibility index (Phi) is 4.07. The molecule has 2 heterocycles. The van der Waals surface area contributed by atoms with Crippen LogP contribution in [0, 0.1) is 0 Å². The molecule has 2 aliphatic rings. The Bertz CT molecular complexity index is 980. The quantitative estimate of drug-likeness (QED) is 0.724. The van der Waals surface area contributed by atoms with Crippen LogP contribution < -0.4 is 9.47 Å². The number of fused-ring (bicyclic) bond motifs is 3. The van der Waals surface area contributed by atoms with Gasteiger partial charge in [0.15, 0.2) is 11.5 Å². The third kappa shape index (κ3) is 2.44. The first-order chi connectivity index (χ1) is 12.5. The van der Waals surface area contributed by atoms with E-state index >= 15 is 0 Å². The lowest BCUT2D eigenvalue weighted by Crippen LogP contribution is -2.33. The second-order valence-corrected chi connectivity index (χ2v) is 7.05. The molecule has 0 saturated carbocycles. The highest BCUT2D eigenvalue weighted by Crippen LogP contribution is 2.44. The fraction of sp³-hybridized carbons (Fsp3) is 0.200. The molecular formula is C20H16BrNO4. The Balaban J connectivity index is 2.00. The molecular weight excluding hydrogens is 398 g/mol. The standard InChI is InChI=1S/C20H16BrNO4/c1-25-15-9-11-6-7-22-18(14(11)10-16(15)26-2)17(19(23)20(22)24)12-4-3-5-13(21)8-12/h3-5,8-10H,6-7H2,1-2H3. The average Bonchev–Trinajstić information content (AvgIpc) is 2.91. The molecule has 26 heavy (non-hydrogen) atoms. The van der Waals surface area contributed by atoms with E-state index in [1.807, 2.05) is 36.4 Å². The third-order valence-corrected chi connectivity index (χ3v) is 5.25. The molecule has 0 aromatic heterocycles. The molecule has 0 spiro atoms. The number of benzene rings is 2. The Morgan fingerprint density at radius 2 is 1.77 bits per heavy atom. The Morgan fingerprint density at radius 1 is 1.04 bits per heavy atom. The molecule has 2 aromatic carbocycles. The van der Waals surface area contributed by atoms with Crippen LogP contribution in [-0.2, 0) is 16.0 Å². The number of methoxy groups -OCH3 is 2. The highest BCUT2D eigenvalue weighted by atomic mass is 79.9. The van der Waals surface area contributed by atoms with Gasteiger partial charge in [-0.2, -0.15) is 0 Å². The Hall–Kier alpha value is -2.60. The molecule has 2 aromatic rings. The fourth-order valence-corrected chi connectivity index (χ4v) is 3.96. The van der Waals surface area contributed by atoms with Crippen molar-refractivity contribution >= 4 is 38.9 Å². The summed E-state index contributed by atoms with van der Waals surface area (Å²) in [5, 5.41) is 0. The van der Waals surface area contributed by atoms with E-state index in [9.17, 15) is 9.59 Å². The number of amides is 1. The molecule has 5 nitrogen and oxygen atoms in total. The SMILES string of the molecule is COc1cc2c(cc1OC)C1=C(c3cccc(Br)c3)C(=O)C(=O)N1CC2. The molecule has 0 fully saturated rings. The van der Waals surface area contributed by atoms with Gasteiger partial charge in [0, 0.05) is 16.6 Å². The van der Waals surface area contributed by atoms with Crippen LogP contribution in [0.25, 0.3) is 11.3 Å². The summed E-state index contributed by atoms with van der Waals surface area (Å²) in [6.45, 7) is 0.472. The molecule has 1 amide bonds. The number of carbonyl (C=O) groups is 2. The lowest BCUT2D eigenvalue weighted by molar-refractivity contribution is -0.138. The first kappa shape index (κ1) is 16.8. The van der Waals surface area contributed by atoms with Gasteiger partial charge in [0.2, 0.25) is 0 Å². The maximum atomic E-state index is 12.8. The number of halogens is 1. The number of ether oxygens (including phenoxy) is 2. The summed E-state index contributed by atoms with van der Waals surface area (Å²) in [5.74, 6) is 0.261. The predicted molar refractivity (Wildman–Crippen MR) is 101 cm³/mol. The van der Waals surface area contributed by atoms with Gasteiger partial charge >= 0.3 is 0 Å². The van der Waals surface area contributed by atoms with Crippen LogP contribution in [0.1, 0.15) is 16.7 Å². The molecule has 0 atom stereocenters. The maximum Gasteiger partial charge on any atom is 0.299 e. The predicted octanol–water partition coefficient (Wildman–Crippen LogP) is 3.30. The van der Waals surface area contributed by atoms with Crippen molar-refractivity contribution in [1.29, 1.82) is 0 Å². The van der Waals surface area contributed by atoms with Crippen molar-refractivity contribution in [2.75, 3.05) is 20.8 Å². The van der Waals surface area contributed by atoms with E-state index in [1.54, 1.807) is 19.1 Å². The van der Waals surface area contributed by atoms with Crippen LogP contribution in [0.15, 0.2) is 40.9 Å². The lowest BCUT2D eigenvalue weighted by atomic mass is 9.92. The largest absolute Gasteiger partial charge is 0.493 e. The van der Waals surface area contributed by atoms with Crippen LogP contribution in [-0.4, -0.2) is 37.4 Å². The molecule has 0 radical (unpaired) electrons. The van der Waals surface area contributed by atoms with Crippen LogP contribution >= 0.6 is 15.9 Å². The molecule has 0 bridgehead atoms. The van der Waals surface area contributed by atoms with E-state index in [2.05, 4.69) is 15.9 Å². The summed E-state index contributed by atoms with van der Waals surface area (Å²) in [5.41, 5.74) is 3.68. The number of rotatable bonds is 3. The molecule has 0 aliphatic carbocycles. The van der Waals surface area contributed by atoms with Crippen molar-refractivity contribution in [3.63, 3.8) is 0 Å². The first-order valence-corrected chi connectivity index (χ1v) is 8.96. The number of hydrogen-bond acceptors (Lipinski definition) is 4. The van der Waals surface area contributed by atoms with Gasteiger partial charge in [0.25, 0.3) is 11.7 Å². The number of carbonyl (C=O) groups excluding carboxylic acids is 2. The number of ketones is 1. The molecule has 6 heteroatoms. The van der Waals surface area contributed by atoms with Gasteiger partial charge < -0.3 is 14.4 Å². The van der Waals surface area contributed by atoms with E-state index in [1.165, 1.54) is 0 Å². The topological polar surface area (TPSA) is 55.8 Å². The third-order valence-electron chi connectivity index (χ3n) is 4.76. The minimum absolute atomic E-state index is 0.435. The van der Waals surface area contributed by atoms with E-state index in [4.69, 9.17) is 9.47 Å². The number of hydrogen-bond donors (Lipinski definition) is 0. The normalized spacial score (nSPS) is 15.9. The van der Waals surface area contributed by atoms with Gasteiger partial charge in [-0.05, 0) is 41.8 Å². The first-order valence-electron chi connectivity index (χ1n) is 8.17. The van der Waals surface area contributed by atoms with Crippen LogP contribution in [0.4, 0.5) is 0 Å². The lowest BCUT2D eigenvalue weighted by Gasteiger charge is -2.28. The summed E-state index contributed by atoms with van der Waals surface area (Å²) in [4.78, 5) is 26.9. The molecule has 0 saturated heterocycles. The Labute approximate surface area is 159 Å². The molecule has 4 rings (SSSR count). The van der Waals surface area contributed by atoms with E-state index in [0.29, 0.717) is 35.7 Å². The fourth-order valence-electron chi connectivity index (χ4n) is 3.56. The van der Waals surface area contributed by atoms with Crippen LogP contribution in [0.2, 0.25) is 0 Å². The van der Waals surface area contributed by atoms with E-state index < -0.39 is 11.7 Å². The summed E-state index contributed by atoms with van der Waals surface area (Å²) < 4.78 is 11.7. The monoisotopic (exact) mass is 413 g/mol. The molecule has 132 valence electrons. The summed E-state index contributed by atoms with van der Waals surface area (Å²) in [6, 6.07) is 11.2. The smallest absolute Gasteiger partial charge is 0.299 e. The van der Waals surface area contributed by atoms with Crippen molar-refractivity contribution in [2.24, 2.45) is 0 Å². The zero-order chi connectivity index (χ0) is 18.4. The van der Waals surface area contributed by atoms with Crippen molar-refractivity contribution in [3.8, 4) is 11.5 Å². The zero-order valence-electron chi connectivity index (χ0n) is 14.3. The highest BCUT2D eigenvalue weighted by molar-refractivity contribution is 9.10. The minimum atomic E-state index is -0.476. The van der Waals surface area contributed by atoms with Crippen molar-refractivity contribution in [1.82, 2.24) is 4.90 Å². The Morgan fingerprint density at radius 3 is 2.46 bits per heavy atom. The second kappa shape index (κ2) is 6.29. The second-order valence-electron chi connectivity index (χ2n) is 6.13. The van der Waals surface area contributed by atoms with Gasteiger partial charge in [-0.3, -0.25) is 9.59 Å². The summed E-state index contributed by atoms with van der Waals surface area (Å²) in [7, 11) is 3.16. The number of nitrogens with zero attached hydrogens (tertiary/aromatic N) is 1. The van der Waals surface area contributed by atoms with E-state index in [0.717, 1.165) is 21.2 Å². The van der Waals surface area contributed by atoms with Gasteiger partial charge in [0.05, 0.1) is 25.5 Å². The van der Waals surface area contributed by atoms with Crippen LogP contribution in [0.3, 0.4) is 0 Å². The molecule has 2 aliphatic heterocycles. The number of Topliss-reactive ketones (excluding diaryl/α,β-unsaturated/α-hetero) is 1. The van der Waals surface area contributed by atoms with Gasteiger partial charge in [-0.1, -0.05) is 28.1 Å². The van der Waals surface area contributed by atoms with Crippen molar-refractivity contribution in [3.05, 3.63) is 57.6 Å². The highest BCUT2D eigenvalue weighted by Gasteiger charge is 2.42. The summed E-state index contributed by atoms with van der Waals surface area (Å²) >= 11 is 3.44. The van der Waals surface area contributed by atoms with Gasteiger partial charge in [0.1, 0.15) is 0 Å². The molecule has 0 unspecified atom stereocenters. The van der Waals surface area contributed by atoms with E-state index in [-0.39, 0.29) is 0 Å². The minimum Gasteiger partial charge on any atom is -0.493 e. The van der Waals surface area contributed by atoms with Crippen molar-refractivity contribution in [2.45, 2.75) is 6.42 Å². The van der Waals surface area contributed by atoms with Crippen LogP contribution in [0.5, 0.6) is 11.5 Å². The zero-order valence-corrected chi connectivity index (χ0v) is 15.9. The van der Waals surface area contributed by atoms with Crippen molar-refractivity contribution < 1.29 is 19.1 Å². The average molecular weight is 414 g/mol. The summed E-state index contributed by atoms with van der Waals surface area (Å²) in [6.07, 6.45) is 0.657. The molecule has 0 N–H and O–H groups in total.